The van der Waals surface area contributed by atoms with Crippen molar-refractivity contribution in [2.24, 2.45) is 5.73 Å². The summed E-state index contributed by atoms with van der Waals surface area (Å²) in [6, 6.07) is 6.58. The van der Waals surface area contributed by atoms with Gasteiger partial charge in [0.2, 0.25) is 0 Å². The molecule has 0 radical (unpaired) electrons. The number of benzene rings is 1. The van der Waals surface area contributed by atoms with Crippen molar-refractivity contribution in [3.05, 3.63) is 29.8 Å². The number of hydrogen-bond donors (Lipinski definition) is 3. The Bertz CT molecular complexity index is 471. The fraction of sp³-hybridized carbons (Fsp3) is 0.429. The molecule has 0 unspecified atom stereocenters. The quantitative estimate of drug-likeness (QED) is 0.521. The number of halogens is 1. The van der Waals surface area contributed by atoms with Crippen LogP contribution in [0.15, 0.2) is 24.3 Å². The van der Waals surface area contributed by atoms with Crippen LogP contribution < -0.4 is 21.1 Å². The summed E-state index contributed by atoms with van der Waals surface area (Å²) in [6.45, 7) is 2.33. The minimum atomic E-state index is -0.563. The van der Waals surface area contributed by atoms with Crippen LogP contribution in [0, 0.1) is 0 Å². The molecule has 0 fully saturated rings. The van der Waals surface area contributed by atoms with Gasteiger partial charge in [0.1, 0.15) is 5.75 Å². The zero-order chi connectivity index (χ0) is 15.5. The van der Waals surface area contributed by atoms with Crippen molar-refractivity contribution in [2.45, 2.75) is 0 Å². The van der Waals surface area contributed by atoms with E-state index in [9.17, 15) is 9.59 Å². The van der Waals surface area contributed by atoms with Crippen LogP contribution in [0.2, 0.25) is 0 Å². The second-order valence-corrected chi connectivity index (χ2v) is 4.28. The summed E-state index contributed by atoms with van der Waals surface area (Å²) in [5, 5.41) is 5.90. The van der Waals surface area contributed by atoms with E-state index in [4.69, 9.17) is 15.2 Å². The van der Waals surface area contributed by atoms with E-state index >= 15 is 0 Å². The Labute approximate surface area is 135 Å². The molecular formula is C14H22ClN3O4. The van der Waals surface area contributed by atoms with Crippen molar-refractivity contribution in [2.75, 3.05) is 40.0 Å². The Morgan fingerprint density at radius 2 is 2.00 bits per heavy atom. The van der Waals surface area contributed by atoms with Gasteiger partial charge >= 0.3 is 0 Å². The van der Waals surface area contributed by atoms with E-state index < -0.39 is 5.91 Å². The molecule has 0 aliphatic rings. The number of ether oxygens (including phenoxy) is 2. The van der Waals surface area contributed by atoms with Gasteiger partial charge in [0.05, 0.1) is 6.61 Å². The minimum absolute atomic E-state index is 0. The van der Waals surface area contributed by atoms with Crippen LogP contribution in [0.3, 0.4) is 0 Å². The summed E-state index contributed by atoms with van der Waals surface area (Å²) < 4.78 is 10.0. The Hall–Kier alpha value is -1.83. The topological polar surface area (TPSA) is 103 Å². The summed E-state index contributed by atoms with van der Waals surface area (Å²) in [7, 11) is 1.64. The molecule has 0 aliphatic carbocycles. The molecule has 4 N–H and O–H groups in total. The van der Waals surface area contributed by atoms with Gasteiger partial charge in [0, 0.05) is 32.3 Å². The van der Waals surface area contributed by atoms with Crippen LogP contribution >= 0.6 is 12.4 Å². The molecule has 0 atom stereocenters. The third-order valence-electron chi connectivity index (χ3n) is 2.55. The lowest BCUT2D eigenvalue weighted by Gasteiger charge is -2.08. The molecule has 0 aromatic heterocycles. The molecular weight excluding hydrogens is 310 g/mol. The van der Waals surface area contributed by atoms with Gasteiger partial charge in [-0.1, -0.05) is 6.07 Å². The van der Waals surface area contributed by atoms with E-state index in [-0.39, 0.29) is 24.9 Å². The number of hydrogen-bond acceptors (Lipinski definition) is 5. The molecule has 0 spiro atoms. The monoisotopic (exact) mass is 331 g/mol. The lowest BCUT2D eigenvalue weighted by atomic mass is 10.2. The molecule has 2 amide bonds. The fourth-order valence-electron chi connectivity index (χ4n) is 1.55. The molecule has 0 saturated heterocycles. The van der Waals surface area contributed by atoms with Gasteiger partial charge in [-0.2, -0.15) is 0 Å². The van der Waals surface area contributed by atoms with Gasteiger partial charge in [-0.05, 0) is 18.2 Å². The molecule has 0 aliphatic heterocycles. The highest BCUT2D eigenvalue weighted by atomic mass is 35.5. The fourth-order valence-corrected chi connectivity index (χ4v) is 1.55. The third kappa shape index (κ3) is 8.46. The molecule has 124 valence electrons. The van der Waals surface area contributed by atoms with Crippen molar-refractivity contribution < 1.29 is 19.1 Å². The Balaban J connectivity index is 0.00000441. The van der Waals surface area contributed by atoms with Crippen LogP contribution in [0.4, 0.5) is 0 Å². The first-order valence-corrected chi connectivity index (χ1v) is 6.62. The molecule has 1 aromatic rings. The first kappa shape index (κ1) is 20.2. The maximum atomic E-state index is 11.9. The standard InChI is InChI=1S/C14H21N3O4.ClH/c1-20-8-7-16-5-6-17-14(19)11-3-2-4-12(9-11)21-10-13(15)18;/h2-4,9,16H,5-8,10H2,1H3,(H2,15,18)(H,17,19);1H. The largest absolute Gasteiger partial charge is 0.484 e. The zero-order valence-electron chi connectivity index (χ0n) is 12.5. The Morgan fingerprint density at radius 3 is 2.68 bits per heavy atom. The number of methoxy groups -OCH3 is 1. The number of carbonyl (C=O) groups excluding carboxylic acids is 2. The molecule has 7 nitrogen and oxygen atoms in total. The number of amides is 2. The number of rotatable bonds is 10. The number of primary amides is 1. The lowest BCUT2D eigenvalue weighted by molar-refractivity contribution is -0.119. The van der Waals surface area contributed by atoms with E-state index in [1.807, 2.05) is 0 Å². The maximum absolute atomic E-state index is 11.9. The van der Waals surface area contributed by atoms with Gasteiger partial charge in [-0.25, -0.2) is 0 Å². The second-order valence-electron chi connectivity index (χ2n) is 4.28. The molecule has 0 bridgehead atoms. The lowest BCUT2D eigenvalue weighted by Crippen LogP contribution is -2.33. The smallest absolute Gasteiger partial charge is 0.255 e. The van der Waals surface area contributed by atoms with Gasteiger partial charge in [0.25, 0.3) is 11.8 Å². The predicted molar refractivity (Wildman–Crippen MR) is 85.5 cm³/mol. The Kier molecular flexibility index (Phi) is 10.8. The Morgan fingerprint density at radius 1 is 1.23 bits per heavy atom. The average Bonchev–Trinajstić information content (AvgIpc) is 2.48. The average molecular weight is 332 g/mol. The van der Waals surface area contributed by atoms with Crippen molar-refractivity contribution >= 4 is 24.2 Å². The summed E-state index contributed by atoms with van der Waals surface area (Å²) in [5.74, 6) is -0.334. The molecule has 0 saturated carbocycles. The van der Waals surface area contributed by atoms with Gasteiger partial charge < -0.3 is 25.8 Å². The number of nitrogens with one attached hydrogen (secondary N) is 2. The predicted octanol–water partition coefficient (Wildman–Crippen LogP) is -0.0617. The van der Waals surface area contributed by atoms with E-state index in [1.165, 1.54) is 0 Å². The highest BCUT2D eigenvalue weighted by Gasteiger charge is 2.06. The van der Waals surface area contributed by atoms with Gasteiger partial charge in [-0.15, -0.1) is 12.4 Å². The van der Waals surface area contributed by atoms with Crippen LogP contribution in [-0.4, -0.2) is 51.8 Å². The van der Waals surface area contributed by atoms with E-state index in [1.54, 1.807) is 31.4 Å². The summed E-state index contributed by atoms with van der Waals surface area (Å²) in [6.07, 6.45) is 0. The molecule has 1 rings (SSSR count). The summed E-state index contributed by atoms with van der Waals surface area (Å²) in [5.41, 5.74) is 5.46. The first-order valence-electron chi connectivity index (χ1n) is 6.62. The third-order valence-corrected chi connectivity index (χ3v) is 2.55. The maximum Gasteiger partial charge on any atom is 0.255 e. The second kappa shape index (κ2) is 11.8. The minimum Gasteiger partial charge on any atom is -0.484 e. The zero-order valence-corrected chi connectivity index (χ0v) is 13.3. The number of carbonyl (C=O) groups is 2. The normalized spacial score (nSPS) is 9.68. The van der Waals surface area contributed by atoms with Gasteiger partial charge in [-0.3, -0.25) is 9.59 Å². The molecule has 0 heterocycles. The van der Waals surface area contributed by atoms with E-state index in [0.29, 0.717) is 31.0 Å². The van der Waals surface area contributed by atoms with E-state index in [0.717, 1.165) is 6.54 Å². The SMILES string of the molecule is COCCNCCNC(=O)c1cccc(OCC(N)=O)c1.Cl. The van der Waals surface area contributed by atoms with E-state index in [2.05, 4.69) is 10.6 Å². The highest BCUT2D eigenvalue weighted by molar-refractivity contribution is 5.94. The number of nitrogens with two attached hydrogens (primary N) is 1. The van der Waals surface area contributed by atoms with Crippen molar-refractivity contribution in [1.82, 2.24) is 10.6 Å². The highest BCUT2D eigenvalue weighted by Crippen LogP contribution is 2.12. The van der Waals surface area contributed by atoms with Gasteiger partial charge in [0.15, 0.2) is 6.61 Å². The molecule has 8 heteroatoms. The molecule has 1 aromatic carbocycles. The van der Waals surface area contributed by atoms with Crippen LogP contribution in [0.1, 0.15) is 10.4 Å². The van der Waals surface area contributed by atoms with Crippen LogP contribution in [0.5, 0.6) is 5.75 Å². The van der Waals surface area contributed by atoms with Crippen LogP contribution in [0.25, 0.3) is 0 Å². The van der Waals surface area contributed by atoms with Crippen LogP contribution in [-0.2, 0) is 9.53 Å². The summed E-state index contributed by atoms with van der Waals surface area (Å²) in [4.78, 5) is 22.6. The van der Waals surface area contributed by atoms with Crippen molar-refractivity contribution in [1.29, 1.82) is 0 Å². The van der Waals surface area contributed by atoms with Crippen molar-refractivity contribution in [3.63, 3.8) is 0 Å². The van der Waals surface area contributed by atoms with Crippen molar-refractivity contribution in [3.8, 4) is 5.75 Å². The molecule has 22 heavy (non-hydrogen) atoms. The summed E-state index contributed by atoms with van der Waals surface area (Å²) >= 11 is 0. The first-order chi connectivity index (χ1) is 10.1.